The summed E-state index contributed by atoms with van der Waals surface area (Å²) in [4.78, 5) is 27.0. The highest BCUT2D eigenvalue weighted by Gasteiger charge is 2.54. The van der Waals surface area contributed by atoms with Crippen molar-refractivity contribution < 1.29 is 33.0 Å². The van der Waals surface area contributed by atoms with Gasteiger partial charge in [0.25, 0.3) is 0 Å². The first-order chi connectivity index (χ1) is 17.2. The van der Waals surface area contributed by atoms with E-state index in [0.717, 1.165) is 4.57 Å². The van der Waals surface area contributed by atoms with Gasteiger partial charge in [0, 0.05) is 6.20 Å². The lowest BCUT2D eigenvalue weighted by atomic mass is 10.0. The Bertz CT molecular complexity index is 1210. The molecule has 0 aliphatic carbocycles. The Hall–Kier alpha value is -1.99. The third kappa shape index (κ3) is 7.11. The summed E-state index contributed by atoms with van der Waals surface area (Å²) in [5.41, 5.74) is 4.91. The number of aliphatic hydroxyl groups is 1. The number of nitrogens with two attached hydrogens (primary N) is 1. The van der Waals surface area contributed by atoms with Gasteiger partial charge in [0.15, 0.2) is 6.23 Å². The maximum atomic E-state index is 13.7. The quantitative estimate of drug-likeness (QED) is 0.202. The van der Waals surface area contributed by atoms with E-state index in [0.29, 0.717) is 4.47 Å². The number of carbonyl (C=O) groups is 1. The molecule has 6 atom stereocenters. The molecule has 1 saturated heterocycles. The number of esters is 1. The van der Waals surface area contributed by atoms with Crippen LogP contribution in [0.4, 0.5) is 5.82 Å². The normalized spacial score (nSPS) is 26.0. The highest BCUT2D eigenvalue weighted by Crippen LogP contribution is 2.48. The van der Waals surface area contributed by atoms with Crippen LogP contribution < -0.4 is 21.0 Å². The Morgan fingerprint density at radius 1 is 1.38 bits per heavy atom. The number of halogens is 2. The molecule has 1 aliphatic heterocycles. The van der Waals surface area contributed by atoms with Crippen LogP contribution in [0.1, 0.15) is 33.9 Å². The van der Waals surface area contributed by atoms with E-state index in [4.69, 9.17) is 35.9 Å². The largest absolute Gasteiger partial charge is 0.462 e. The van der Waals surface area contributed by atoms with Gasteiger partial charge >= 0.3 is 19.4 Å². The van der Waals surface area contributed by atoms with Gasteiger partial charge in [0.05, 0.1) is 17.2 Å². The highest BCUT2D eigenvalue weighted by atomic mass is 79.9. The molecule has 0 saturated carbocycles. The predicted molar refractivity (Wildman–Crippen MR) is 139 cm³/mol. The standard InChI is InChI=1S/C22H29BrClN4O8P/c1-12(2)34-19(30)13(3)27-37(32,36-14-8-6-5-7-9-14)33-11-16-17(29)22(4,24)20(35-16)28-10-15(23)18(25)26-21(28)31/h5-10,12-13,16-17,20,29H,11H2,1-4H3,(H,27,32)(H2,25,26,31)/t13-,16-,17-,20-,22-,37-/m1/s1. The number of aromatic nitrogens is 2. The maximum absolute atomic E-state index is 13.7. The number of hydrogen-bond acceptors (Lipinski definition) is 10. The summed E-state index contributed by atoms with van der Waals surface area (Å²) in [7, 11) is -4.22. The van der Waals surface area contributed by atoms with Gasteiger partial charge in [-0.15, -0.1) is 11.6 Å². The molecule has 1 aliphatic rings. The number of ether oxygens (including phenoxy) is 2. The summed E-state index contributed by atoms with van der Waals surface area (Å²) in [6, 6.07) is 7.12. The van der Waals surface area contributed by atoms with Crippen LogP contribution in [0.5, 0.6) is 5.75 Å². The molecular weight excluding hydrogens is 595 g/mol. The van der Waals surface area contributed by atoms with E-state index < -0.39 is 61.5 Å². The second-order valence-corrected chi connectivity index (χ2v) is 12.2. The van der Waals surface area contributed by atoms with Crippen LogP contribution in [-0.2, 0) is 23.4 Å². The van der Waals surface area contributed by atoms with Crippen LogP contribution in [0.15, 0.2) is 45.8 Å². The Kier molecular flexibility index (Phi) is 9.44. The SMILES string of the molecule is CC(C)OC(=O)[C@@H](C)N[P@@](=O)(OC[C@H]1O[C@@H](n2cc(Br)c(N)nc2=O)[C@](C)(Cl)[C@@H]1O)Oc1ccccc1. The van der Waals surface area contributed by atoms with E-state index in [1.54, 1.807) is 44.2 Å². The van der Waals surface area contributed by atoms with Crippen molar-refractivity contribution >= 4 is 47.1 Å². The number of benzene rings is 1. The van der Waals surface area contributed by atoms with E-state index in [1.165, 1.54) is 20.0 Å². The fraction of sp³-hybridized carbons (Fsp3) is 0.500. The summed E-state index contributed by atoms with van der Waals surface area (Å²) < 4.78 is 37.3. The van der Waals surface area contributed by atoms with Crippen molar-refractivity contribution in [1.29, 1.82) is 0 Å². The van der Waals surface area contributed by atoms with Crippen molar-refractivity contribution in [2.24, 2.45) is 0 Å². The summed E-state index contributed by atoms with van der Waals surface area (Å²) in [5.74, 6) is -0.479. The Morgan fingerprint density at radius 2 is 2.03 bits per heavy atom. The third-order valence-electron chi connectivity index (χ3n) is 5.34. The number of para-hydroxylation sites is 1. The van der Waals surface area contributed by atoms with Gasteiger partial charge in [-0.25, -0.2) is 9.36 Å². The van der Waals surface area contributed by atoms with Crippen molar-refractivity contribution in [3.05, 3.63) is 51.5 Å². The molecule has 0 radical (unpaired) electrons. The zero-order valence-electron chi connectivity index (χ0n) is 20.5. The molecule has 4 N–H and O–H groups in total. The molecule has 15 heteroatoms. The molecule has 0 amide bonds. The zero-order valence-corrected chi connectivity index (χ0v) is 23.8. The van der Waals surface area contributed by atoms with Crippen molar-refractivity contribution in [1.82, 2.24) is 14.6 Å². The average Bonchev–Trinajstić information content (AvgIpc) is 3.03. The molecule has 1 aromatic heterocycles. The number of rotatable bonds is 10. The van der Waals surface area contributed by atoms with Gasteiger partial charge < -0.3 is 24.8 Å². The number of nitrogens with one attached hydrogen (secondary N) is 1. The first kappa shape index (κ1) is 29.6. The summed E-state index contributed by atoms with van der Waals surface area (Å²) in [6.45, 7) is 5.81. The van der Waals surface area contributed by atoms with Crippen LogP contribution in [0.25, 0.3) is 0 Å². The number of nitrogen functional groups attached to an aromatic ring is 1. The lowest BCUT2D eigenvalue weighted by Gasteiger charge is -2.26. The number of hydrogen-bond donors (Lipinski definition) is 3. The lowest BCUT2D eigenvalue weighted by molar-refractivity contribution is -0.149. The van der Waals surface area contributed by atoms with Gasteiger partial charge in [-0.1, -0.05) is 18.2 Å². The molecule has 2 heterocycles. The Morgan fingerprint density at radius 3 is 2.65 bits per heavy atom. The van der Waals surface area contributed by atoms with Gasteiger partial charge in [0.2, 0.25) is 0 Å². The number of alkyl halides is 1. The van der Waals surface area contributed by atoms with Gasteiger partial charge in [-0.05, 0) is 55.8 Å². The van der Waals surface area contributed by atoms with Crippen molar-refractivity contribution in [3.8, 4) is 5.75 Å². The van der Waals surface area contributed by atoms with Crippen LogP contribution in [0.2, 0.25) is 0 Å². The molecule has 1 fully saturated rings. The van der Waals surface area contributed by atoms with Crippen LogP contribution in [0, 0.1) is 0 Å². The summed E-state index contributed by atoms with van der Waals surface area (Å²) in [5, 5.41) is 13.4. The molecule has 0 spiro atoms. The smallest absolute Gasteiger partial charge is 0.459 e. The van der Waals surface area contributed by atoms with Crippen LogP contribution in [-0.4, -0.2) is 56.5 Å². The first-order valence-electron chi connectivity index (χ1n) is 11.3. The number of nitrogens with zero attached hydrogens (tertiary/aromatic N) is 2. The van der Waals surface area contributed by atoms with E-state index in [-0.39, 0.29) is 11.6 Å². The van der Waals surface area contributed by atoms with E-state index in [9.17, 15) is 19.3 Å². The van der Waals surface area contributed by atoms with Gasteiger partial charge in [0.1, 0.15) is 34.7 Å². The molecule has 3 rings (SSSR count). The Balaban J connectivity index is 1.81. The molecule has 37 heavy (non-hydrogen) atoms. The third-order valence-corrected chi connectivity index (χ3v) is 8.00. The molecule has 1 aromatic carbocycles. The highest BCUT2D eigenvalue weighted by molar-refractivity contribution is 9.10. The monoisotopic (exact) mass is 622 g/mol. The average molecular weight is 624 g/mol. The molecule has 0 bridgehead atoms. The van der Waals surface area contributed by atoms with Crippen molar-refractivity contribution in [3.63, 3.8) is 0 Å². The molecule has 204 valence electrons. The second kappa shape index (κ2) is 11.8. The van der Waals surface area contributed by atoms with Gasteiger partial charge in [-0.2, -0.15) is 10.1 Å². The topological polar surface area (TPSA) is 164 Å². The molecular formula is C22H29BrClN4O8P. The van der Waals surface area contributed by atoms with Gasteiger partial charge in [-0.3, -0.25) is 13.9 Å². The van der Waals surface area contributed by atoms with Crippen LogP contribution in [0.3, 0.4) is 0 Å². The first-order valence-corrected chi connectivity index (χ1v) is 14.0. The molecule has 0 unspecified atom stereocenters. The fourth-order valence-corrected chi connectivity index (χ4v) is 5.59. The summed E-state index contributed by atoms with van der Waals surface area (Å²) in [6.07, 6.45) is -2.71. The second-order valence-electron chi connectivity index (χ2n) is 8.82. The molecule has 12 nitrogen and oxygen atoms in total. The fourth-order valence-electron chi connectivity index (χ4n) is 3.48. The molecule has 2 aromatic rings. The van der Waals surface area contributed by atoms with Crippen molar-refractivity contribution in [2.75, 3.05) is 12.3 Å². The Labute approximate surface area is 227 Å². The predicted octanol–water partition coefficient (Wildman–Crippen LogP) is 2.98. The van der Waals surface area contributed by atoms with E-state index in [1.807, 2.05) is 0 Å². The minimum absolute atomic E-state index is 0.0221. The zero-order chi connectivity index (χ0) is 27.5. The van der Waals surface area contributed by atoms with Crippen molar-refractivity contribution in [2.45, 2.75) is 63.2 Å². The van der Waals surface area contributed by atoms with E-state index >= 15 is 0 Å². The number of anilines is 1. The number of carbonyl (C=O) groups excluding carboxylic acids is 1. The number of aliphatic hydroxyl groups excluding tert-OH is 1. The lowest BCUT2D eigenvalue weighted by Crippen LogP contribution is -2.42. The minimum Gasteiger partial charge on any atom is -0.462 e. The van der Waals surface area contributed by atoms with Crippen LogP contribution >= 0.6 is 35.3 Å². The maximum Gasteiger partial charge on any atom is 0.459 e. The summed E-state index contributed by atoms with van der Waals surface area (Å²) >= 11 is 9.79. The van der Waals surface area contributed by atoms with E-state index in [2.05, 4.69) is 26.0 Å². The minimum atomic E-state index is -4.22.